The van der Waals surface area contributed by atoms with Gasteiger partial charge in [-0.15, -0.1) is 0 Å². The lowest BCUT2D eigenvalue weighted by Gasteiger charge is -2.33. The van der Waals surface area contributed by atoms with Crippen LogP contribution in [-0.4, -0.2) is 24.0 Å². The fourth-order valence-corrected chi connectivity index (χ4v) is 3.13. The molecule has 5 heteroatoms. The Labute approximate surface area is 136 Å². The summed E-state index contributed by atoms with van der Waals surface area (Å²) in [7, 11) is 0. The van der Waals surface area contributed by atoms with E-state index in [-0.39, 0.29) is 23.5 Å². The van der Waals surface area contributed by atoms with Crippen LogP contribution < -0.4 is 5.32 Å². The smallest absolute Gasteiger partial charge is 0.331 e. The Morgan fingerprint density at radius 2 is 1.95 bits per heavy atom. The van der Waals surface area contributed by atoms with Gasteiger partial charge in [0.2, 0.25) is 0 Å². The van der Waals surface area contributed by atoms with E-state index in [4.69, 9.17) is 4.74 Å². The van der Waals surface area contributed by atoms with Crippen LogP contribution in [0.4, 0.5) is 0 Å². The molecule has 0 aliphatic rings. The Morgan fingerprint density at radius 3 is 2.50 bits per heavy atom. The minimum Gasteiger partial charge on any atom is -0.452 e. The van der Waals surface area contributed by atoms with Gasteiger partial charge in [0.25, 0.3) is 5.91 Å². The number of hydrogen-bond donors (Lipinski definition) is 1. The number of thiophene rings is 1. The number of rotatable bonds is 6. The Morgan fingerprint density at radius 1 is 1.27 bits per heavy atom. The summed E-state index contributed by atoms with van der Waals surface area (Å²) < 4.78 is 4.94. The van der Waals surface area contributed by atoms with Gasteiger partial charge in [0.05, 0.1) is 0 Å². The monoisotopic (exact) mass is 323 g/mol. The molecule has 0 radical (unpaired) electrons. The van der Waals surface area contributed by atoms with Crippen molar-refractivity contribution in [2.24, 2.45) is 5.41 Å². The predicted octanol–water partition coefficient (Wildman–Crippen LogP) is 3.64. The molecule has 1 aromatic rings. The van der Waals surface area contributed by atoms with Crippen LogP contribution in [0.3, 0.4) is 0 Å². The number of hydrogen-bond acceptors (Lipinski definition) is 4. The highest BCUT2D eigenvalue weighted by Crippen LogP contribution is 2.26. The number of carbonyl (C=O) groups excluding carboxylic acids is 2. The second-order valence-corrected chi connectivity index (χ2v) is 7.95. The van der Waals surface area contributed by atoms with Gasteiger partial charge >= 0.3 is 5.97 Å². The van der Waals surface area contributed by atoms with E-state index >= 15 is 0 Å². The molecule has 0 fully saturated rings. The predicted molar refractivity (Wildman–Crippen MR) is 90.6 cm³/mol. The van der Waals surface area contributed by atoms with Crippen LogP contribution in [-0.2, 0) is 14.3 Å². The van der Waals surface area contributed by atoms with E-state index < -0.39 is 5.97 Å². The van der Waals surface area contributed by atoms with Crippen LogP contribution in [0, 0.1) is 5.41 Å². The summed E-state index contributed by atoms with van der Waals surface area (Å²) in [5, 5.41) is 6.75. The third-order valence-electron chi connectivity index (χ3n) is 2.75. The molecule has 1 N–H and O–H groups in total. The van der Waals surface area contributed by atoms with Crippen molar-refractivity contribution in [3.8, 4) is 0 Å². The first-order valence-corrected chi connectivity index (χ1v) is 8.20. The fraction of sp³-hybridized carbons (Fsp3) is 0.529. The maximum Gasteiger partial charge on any atom is 0.331 e. The first-order chi connectivity index (χ1) is 10.1. The number of amides is 1. The summed E-state index contributed by atoms with van der Waals surface area (Å²) in [6.45, 7) is 10.0. The summed E-state index contributed by atoms with van der Waals surface area (Å²) >= 11 is 1.55. The van der Waals surface area contributed by atoms with E-state index in [1.807, 2.05) is 30.7 Å². The van der Waals surface area contributed by atoms with Gasteiger partial charge in [-0.3, -0.25) is 4.79 Å². The van der Waals surface area contributed by atoms with Crippen molar-refractivity contribution in [3.63, 3.8) is 0 Å². The molecule has 1 rings (SSSR count). The topological polar surface area (TPSA) is 55.4 Å². The Balaban J connectivity index is 2.38. The quantitative estimate of drug-likeness (QED) is 0.642. The van der Waals surface area contributed by atoms with Gasteiger partial charge in [-0.05, 0) is 54.1 Å². The first kappa shape index (κ1) is 18.4. The molecule has 0 saturated heterocycles. The Kier molecular flexibility index (Phi) is 6.35. The summed E-state index contributed by atoms with van der Waals surface area (Å²) in [5.74, 6) is -0.804. The van der Waals surface area contributed by atoms with Crippen molar-refractivity contribution in [3.05, 3.63) is 28.5 Å². The SMILES string of the molecule is CC(C)(C)CC(C)(C)NC(=O)COC(=O)/C=C/c1ccsc1. The van der Waals surface area contributed by atoms with Crippen molar-refractivity contribution >= 4 is 29.3 Å². The molecule has 0 aromatic carbocycles. The van der Waals surface area contributed by atoms with Crippen LogP contribution in [0.1, 0.15) is 46.6 Å². The van der Waals surface area contributed by atoms with E-state index in [0.717, 1.165) is 12.0 Å². The van der Waals surface area contributed by atoms with E-state index in [9.17, 15) is 9.59 Å². The normalized spacial score (nSPS) is 12.4. The molecule has 122 valence electrons. The number of nitrogens with one attached hydrogen (secondary N) is 1. The van der Waals surface area contributed by atoms with E-state index in [2.05, 4.69) is 26.1 Å². The largest absolute Gasteiger partial charge is 0.452 e. The third-order valence-corrected chi connectivity index (χ3v) is 3.45. The van der Waals surface area contributed by atoms with Gasteiger partial charge in [-0.25, -0.2) is 4.79 Å². The van der Waals surface area contributed by atoms with Gasteiger partial charge in [0.1, 0.15) is 0 Å². The Hall–Kier alpha value is -1.62. The van der Waals surface area contributed by atoms with E-state index in [0.29, 0.717) is 0 Å². The molecular weight excluding hydrogens is 298 g/mol. The molecule has 0 aliphatic heterocycles. The second-order valence-electron chi connectivity index (χ2n) is 7.17. The zero-order valence-corrected chi connectivity index (χ0v) is 14.8. The van der Waals surface area contributed by atoms with Gasteiger partial charge < -0.3 is 10.1 Å². The average molecular weight is 323 g/mol. The molecule has 0 saturated carbocycles. The molecule has 0 aliphatic carbocycles. The molecule has 0 atom stereocenters. The highest BCUT2D eigenvalue weighted by Gasteiger charge is 2.27. The van der Waals surface area contributed by atoms with Gasteiger partial charge in [0, 0.05) is 11.6 Å². The van der Waals surface area contributed by atoms with Gasteiger partial charge in [-0.2, -0.15) is 11.3 Å². The zero-order chi connectivity index (χ0) is 16.8. The summed E-state index contributed by atoms with van der Waals surface area (Å²) in [5.41, 5.74) is 0.711. The molecule has 1 amide bonds. The molecule has 1 heterocycles. The molecule has 1 aromatic heterocycles. The maximum absolute atomic E-state index is 11.9. The standard InChI is InChI=1S/C17H25NO3S/c1-16(2,3)12-17(4,5)18-14(19)10-21-15(20)7-6-13-8-9-22-11-13/h6-9,11H,10,12H2,1-5H3,(H,18,19)/b7-6+. The van der Waals surface area contributed by atoms with Crippen LogP contribution in [0.15, 0.2) is 22.9 Å². The molecule has 4 nitrogen and oxygen atoms in total. The Bertz CT molecular complexity index is 525. The minimum absolute atomic E-state index is 0.108. The van der Waals surface area contributed by atoms with Crippen molar-refractivity contribution in [2.45, 2.75) is 46.6 Å². The average Bonchev–Trinajstić information content (AvgIpc) is 2.83. The van der Waals surface area contributed by atoms with Crippen LogP contribution in [0.5, 0.6) is 0 Å². The molecule has 0 bridgehead atoms. The number of carbonyl (C=O) groups is 2. The molecule has 0 spiro atoms. The second kappa shape index (κ2) is 7.58. The van der Waals surface area contributed by atoms with Crippen molar-refractivity contribution in [1.29, 1.82) is 0 Å². The van der Waals surface area contributed by atoms with E-state index in [1.165, 1.54) is 6.08 Å². The lowest BCUT2D eigenvalue weighted by molar-refractivity contribution is -0.144. The molecule has 0 unspecified atom stereocenters. The first-order valence-electron chi connectivity index (χ1n) is 7.25. The molecular formula is C17H25NO3S. The lowest BCUT2D eigenvalue weighted by Crippen LogP contribution is -2.47. The highest BCUT2D eigenvalue weighted by atomic mass is 32.1. The minimum atomic E-state index is -0.519. The van der Waals surface area contributed by atoms with Gasteiger partial charge in [-0.1, -0.05) is 20.8 Å². The highest BCUT2D eigenvalue weighted by molar-refractivity contribution is 7.08. The summed E-state index contributed by atoms with van der Waals surface area (Å²) in [6.07, 6.45) is 3.83. The maximum atomic E-state index is 11.9. The van der Waals surface area contributed by atoms with Crippen LogP contribution >= 0.6 is 11.3 Å². The summed E-state index contributed by atoms with van der Waals surface area (Å²) in [4.78, 5) is 23.4. The number of esters is 1. The number of ether oxygens (including phenoxy) is 1. The van der Waals surface area contributed by atoms with Crippen molar-refractivity contribution in [2.75, 3.05) is 6.61 Å². The van der Waals surface area contributed by atoms with E-state index in [1.54, 1.807) is 17.4 Å². The van der Waals surface area contributed by atoms with Crippen LogP contribution in [0.2, 0.25) is 0 Å². The van der Waals surface area contributed by atoms with Crippen molar-refractivity contribution in [1.82, 2.24) is 5.32 Å². The summed E-state index contributed by atoms with van der Waals surface area (Å²) in [6, 6.07) is 1.90. The van der Waals surface area contributed by atoms with Crippen molar-refractivity contribution < 1.29 is 14.3 Å². The lowest BCUT2D eigenvalue weighted by atomic mass is 9.82. The zero-order valence-electron chi connectivity index (χ0n) is 13.9. The third kappa shape index (κ3) is 7.98. The fourth-order valence-electron chi connectivity index (χ4n) is 2.50. The van der Waals surface area contributed by atoms with Crippen LogP contribution in [0.25, 0.3) is 6.08 Å². The van der Waals surface area contributed by atoms with Gasteiger partial charge in [0.15, 0.2) is 6.61 Å². The molecule has 22 heavy (non-hydrogen) atoms.